The third kappa shape index (κ3) is 2.60. The van der Waals surface area contributed by atoms with E-state index in [0.717, 1.165) is 0 Å². The molecule has 0 bridgehead atoms. The number of aromatic nitrogens is 1. The molecule has 0 aliphatic carbocycles. The first-order chi connectivity index (χ1) is 11.2. The second kappa shape index (κ2) is 5.53. The van der Waals surface area contributed by atoms with E-state index in [2.05, 4.69) is 4.98 Å². The second-order valence-electron chi connectivity index (χ2n) is 5.53. The molecular formula is C17H15F2N3O. The van der Waals surface area contributed by atoms with Crippen LogP contribution in [-0.4, -0.2) is 31.2 Å². The minimum atomic E-state index is -0.343. The molecule has 23 heavy (non-hydrogen) atoms. The maximum atomic E-state index is 13.8. The maximum absolute atomic E-state index is 13.8. The molecule has 0 atom stereocenters. The Labute approximate surface area is 131 Å². The zero-order valence-electron chi connectivity index (χ0n) is 12.4. The maximum Gasteiger partial charge on any atom is 0.298 e. The Hall–Kier alpha value is -2.63. The van der Waals surface area contributed by atoms with Crippen molar-refractivity contribution in [1.82, 2.24) is 4.98 Å². The molecule has 0 N–H and O–H groups in total. The van der Waals surface area contributed by atoms with Crippen LogP contribution in [0.5, 0.6) is 0 Å². The van der Waals surface area contributed by atoms with E-state index < -0.39 is 0 Å². The fraction of sp³-hybridized carbons (Fsp3) is 0.235. The van der Waals surface area contributed by atoms with Gasteiger partial charge in [-0.2, -0.15) is 4.98 Å². The van der Waals surface area contributed by atoms with Crippen LogP contribution in [0.3, 0.4) is 0 Å². The molecule has 1 saturated heterocycles. The summed E-state index contributed by atoms with van der Waals surface area (Å²) in [4.78, 5) is 8.40. The number of nitrogens with zero attached hydrogens (tertiary/aromatic N) is 3. The van der Waals surface area contributed by atoms with E-state index in [1.165, 1.54) is 18.2 Å². The first-order valence-corrected chi connectivity index (χ1v) is 7.51. The number of piperazine rings is 1. The SMILES string of the molecule is Fc1ccc2nc(N3CCN(c4ccccc4F)CC3)oc2c1. The van der Waals surface area contributed by atoms with Gasteiger partial charge in [0.15, 0.2) is 5.58 Å². The minimum absolute atomic E-state index is 0.210. The fourth-order valence-electron chi connectivity index (χ4n) is 2.87. The van der Waals surface area contributed by atoms with Crippen LogP contribution in [0.25, 0.3) is 11.1 Å². The summed E-state index contributed by atoms with van der Waals surface area (Å²) in [7, 11) is 0. The van der Waals surface area contributed by atoms with Crippen molar-refractivity contribution in [2.24, 2.45) is 0 Å². The Kier molecular flexibility index (Phi) is 3.37. The van der Waals surface area contributed by atoms with Gasteiger partial charge in [0.2, 0.25) is 0 Å². The lowest BCUT2D eigenvalue weighted by Gasteiger charge is -2.35. The number of para-hydroxylation sites is 1. The van der Waals surface area contributed by atoms with E-state index in [0.29, 0.717) is 49.0 Å². The summed E-state index contributed by atoms with van der Waals surface area (Å²) in [6.45, 7) is 2.69. The van der Waals surface area contributed by atoms with Gasteiger partial charge in [-0.05, 0) is 24.3 Å². The van der Waals surface area contributed by atoms with Crippen LogP contribution in [0.15, 0.2) is 46.9 Å². The van der Waals surface area contributed by atoms with Gasteiger partial charge in [0.05, 0.1) is 5.69 Å². The second-order valence-corrected chi connectivity index (χ2v) is 5.53. The number of rotatable bonds is 2. The Morgan fingerprint density at radius 3 is 2.43 bits per heavy atom. The first-order valence-electron chi connectivity index (χ1n) is 7.51. The molecule has 1 aromatic heterocycles. The molecular weight excluding hydrogens is 300 g/mol. The Bertz CT molecular complexity index is 841. The topological polar surface area (TPSA) is 32.5 Å². The normalized spacial score (nSPS) is 15.4. The van der Waals surface area contributed by atoms with Crippen molar-refractivity contribution >= 4 is 22.8 Å². The molecule has 1 aliphatic rings. The summed E-state index contributed by atoms with van der Waals surface area (Å²) in [6, 6.07) is 11.6. The van der Waals surface area contributed by atoms with Crippen molar-refractivity contribution < 1.29 is 13.2 Å². The van der Waals surface area contributed by atoms with E-state index in [1.54, 1.807) is 18.2 Å². The average Bonchev–Trinajstić information content (AvgIpc) is 2.98. The molecule has 0 radical (unpaired) electrons. The van der Waals surface area contributed by atoms with Gasteiger partial charge in [0, 0.05) is 32.2 Å². The highest BCUT2D eigenvalue weighted by Crippen LogP contribution is 2.25. The highest BCUT2D eigenvalue weighted by molar-refractivity contribution is 5.74. The molecule has 1 fully saturated rings. The lowest BCUT2D eigenvalue weighted by Crippen LogP contribution is -2.47. The van der Waals surface area contributed by atoms with E-state index in [9.17, 15) is 8.78 Å². The number of benzene rings is 2. The molecule has 6 heteroatoms. The van der Waals surface area contributed by atoms with Gasteiger partial charge >= 0.3 is 0 Å². The number of anilines is 2. The zero-order chi connectivity index (χ0) is 15.8. The van der Waals surface area contributed by atoms with Crippen LogP contribution in [0.4, 0.5) is 20.5 Å². The predicted octanol–water partition coefficient (Wildman–Crippen LogP) is 3.43. The van der Waals surface area contributed by atoms with Crippen LogP contribution < -0.4 is 9.80 Å². The molecule has 0 saturated carbocycles. The van der Waals surface area contributed by atoms with Crippen molar-refractivity contribution in [1.29, 1.82) is 0 Å². The van der Waals surface area contributed by atoms with Crippen molar-refractivity contribution in [3.8, 4) is 0 Å². The van der Waals surface area contributed by atoms with E-state index >= 15 is 0 Å². The van der Waals surface area contributed by atoms with Crippen molar-refractivity contribution in [3.05, 3.63) is 54.1 Å². The van der Waals surface area contributed by atoms with E-state index in [-0.39, 0.29) is 11.6 Å². The minimum Gasteiger partial charge on any atom is -0.423 e. The van der Waals surface area contributed by atoms with Crippen molar-refractivity contribution in [3.63, 3.8) is 0 Å². The molecule has 0 spiro atoms. The number of fused-ring (bicyclic) bond motifs is 1. The van der Waals surface area contributed by atoms with Crippen LogP contribution in [0, 0.1) is 11.6 Å². The molecule has 2 aromatic carbocycles. The van der Waals surface area contributed by atoms with Gasteiger partial charge in [0.1, 0.15) is 17.2 Å². The van der Waals surface area contributed by atoms with Crippen LogP contribution >= 0.6 is 0 Å². The molecule has 0 unspecified atom stereocenters. The highest BCUT2D eigenvalue weighted by Gasteiger charge is 2.22. The fourth-order valence-corrected chi connectivity index (χ4v) is 2.87. The molecule has 4 rings (SSSR count). The Morgan fingerprint density at radius 1 is 0.913 bits per heavy atom. The van der Waals surface area contributed by atoms with Crippen LogP contribution in [-0.2, 0) is 0 Å². The largest absolute Gasteiger partial charge is 0.423 e. The van der Waals surface area contributed by atoms with Crippen molar-refractivity contribution in [2.45, 2.75) is 0 Å². The van der Waals surface area contributed by atoms with Gasteiger partial charge < -0.3 is 14.2 Å². The summed E-state index contributed by atoms with van der Waals surface area (Å²) in [5.74, 6) is -0.553. The number of halogens is 2. The Balaban J connectivity index is 1.51. The third-order valence-corrected chi connectivity index (χ3v) is 4.08. The molecule has 2 heterocycles. The summed E-state index contributed by atoms with van der Waals surface area (Å²) < 4.78 is 32.7. The molecule has 1 aliphatic heterocycles. The quantitative estimate of drug-likeness (QED) is 0.725. The average molecular weight is 315 g/mol. The standard InChI is InChI=1S/C17H15F2N3O/c18-12-5-6-14-16(11-12)23-17(20-14)22-9-7-21(8-10-22)15-4-2-1-3-13(15)19/h1-6,11H,7-10H2. The number of hydrogen-bond donors (Lipinski definition) is 0. The molecule has 3 aromatic rings. The summed E-state index contributed by atoms with van der Waals surface area (Å²) in [6.07, 6.45) is 0. The zero-order valence-corrected chi connectivity index (χ0v) is 12.4. The van der Waals surface area contributed by atoms with Crippen molar-refractivity contribution in [2.75, 3.05) is 36.0 Å². The van der Waals surface area contributed by atoms with E-state index in [1.807, 2.05) is 15.9 Å². The van der Waals surface area contributed by atoms with Gasteiger partial charge in [-0.25, -0.2) is 8.78 Å². The van der Waals surface area contributed by atoms with Crippen LogP contribution in [0.1, 0.15) is 0 Å². The summed E-state index contributed by atoms with van der Waals surface area (Å²) in [5, 5.41) is 0. The smallest absolute Gasteiger partial charge is 0.298 e. The summed E-state index contributed by atoms with van der Waals surface area (Å²) in [5.41, 5.74) is 1.70. The molecule has 118 valence electrons. The summed E-state index contributed by atoms with van der Waals surface area (Å²) >= 11 is 0. The van der Waals surface area contributed by atoms with Gasteiger partial charge in [0.25, 0.3) is 6.01 Å². The predicted molar refractivity (Wildman–Crippen MR) is 84.8 cm³/mol. The van der Waals surface area contributed by atoms with E-state index in [4.69, 9.17) is 4.42 Å². The molecule has 0 amide bonds. The Morgan fingerprint density at radius 2 is 1.65 bits per heavy atom. The lowest BCUT2D eigenvalue weighted by molar-refractivity contribution is 0.534. The lowest BCUT2D eigenvalue weighted by atomic mass is 10.2. The van der Waals surface area contributed by atoms with Gasteiger partial charge in [-0.15, -0.1) is 0 Å². The third-order valence-electron chi connectivity index (χ3n) is 4.08. The van der Waals surface area contributed by atoms with Gasteiger partial charge in [-0.1, -0.05) is 12.1 Å². The van der Waals surface area contributed by atoms with Gasteiger partial charge in [-0.3, -0.25) is 0 Å². The highest BCUT2D eigenvalue weighted by atomic mass is 19.1. The number of hydrogen-bond acceptors (Lipinski definition) is 4. The van der Waals surface area contributed by atoms with Crippen LogP contribution in [0.2, 0.25) is 0 Å². The first kappa shape index (κ1) is 14.0. The molecule has 4 nitrogen and oxygen atoms in total. The number of oxazole rings is 1. The monoisotopic (exact) mass is 315 g/mol.